The van der Waals surface area contributed by atoms with Gasteiger partial charge in [0.15, 0.2) is 5.82 Å². The van der Waals surface area contributed by atoms with E-state index in [0.717, 1.165) is 39.2 Å². The molecule has 0 spiro atoms. The molecule has 1 N–H and O–H groups in total. The summed E-state index contributed by atoms with van der Waals surface area (Å²) in [5.41, 5.74) is 0. The Morgan fingerprint density at radius 1 is 1.28 bits per heavy atom. The molecule has 3 aliphatic rings. The number of likely N-dealkylation sites (tertiary alicyclic amines) is 1. The first kappa shape index (κ1) is 21.2. The minimum atomic E-state index is -5.08. The summed E-state index contributed by atoms with van der Waals surface area (Å²) < 4.78 is 50.6. The predicted octanol–water partition coefficient (Wildman–Crippen LogP) is 1.32. The first-order valence-electron chi connectivity index (χ1n) is 9.07. The van der Waals surface area contributed by atoms with E-state index in [2.05, 4.69) is 9.97 Å². The molecular formula is C17H20F4N4O4. The fraction of sp³-hybridized carbons (Fsp3) is 0.647. The monoisotopic (exact) mass is 420 g/mol. The van der Waals surface area contributed by atoms with Gasteiger partial charge in [-0.1, -0.05) is 0 Å². The largest absolute Gasteiger partial charge is 0.490 e. The van der Waals surface area contributed by atoms with Crippen LogP contribution in [0.25, 0.3) is 0 Å². The number of carbonyl (C=O) groups excluding carboxylic acids is 1. The number of ether oxygens (including phenoxy) is 1. The van der Waals surface area contributed by atoms with Crippen LogP contribution in [0.3, 0.4) is 0 Å². The number of aromatic nitrogens is 2. The number of hydrogen-bond donors (Lipinski definition) is 1. The zero-order chi connectivity index (χ0) is 21.2. The van der Waals surface area contributed by atoms with Crippen molar-refractivity contribution in [1.29, 1.82) is 0 Å². The van der Waals surface area contributed by atoms with Gasteiger partial charge in [0.2, 0.25) is 11.9 Å². The lowest BCUT2D eigenvalue weighted by Crippen LogP contribution is -2.35. The highest BCUT2D eigenvalue weighted by Crippen LogP contribution is 2.35. The summed E-state index contributed by atoms with van der Waals surface area (Å²) in [5, 5.41) is 7.12. The van der Waals surface area contributed by atoms with Crippen LogP contribution in [0.15, 0.2) is 12.4 Å². The van der Waals surface area contributed by atoms with Gasteiger partial charge in [-0.15, -0.1) is 0 Å². The molecule has 0 unspecified atom stereocenters. The van der Waals surface area contributed by atoms with Crippen molar-refractivity contribution >= 4 is 17.8 Å². The van der Waals surface area contributed by atoms with E-state index in [-0.39, 0.29) is 12.0 Å². The number of amides is 1. The smallest absolute Gasteiger partial charge is 0.475 e. The Bertz CT molecular complexity index is 746. The highest BCUT2D eigenvalue weighted by molar-refractivity contribution is 5.78. The van der Waals surface area contributed by atoms with Gasteiger partial charge in [-0.05, 0) is 6.42 Å². The van der Waals surface area contributed by atoms with Crippen molar-refractivity contribution in [3.63, 3.8) is 0 Å². The van der Waals surface area contributed by atoms with Gasteiger partial charge in [0, 0.05) is 44.4 Å². The highest BCUT2D eigenvalue weighted by Gasteiger charge is 2.45. The van der Waals surface area contributed by atoms with Crippen molar-refractivity contribution in [2.75, 3.05) is 37.7 Å². The zero-order valence-electron chi connectivity index (χ0n) is 15.3. The summed E-state index contributed by atoms with van der Waals surface area (Å²) in [7, 11) is 0. The summed E-state index contributed by atoms with van der Waals surface area (Å²) in [4.78, 5) is 32.8. The fourth-order valence-electron chi connectivity index (χ4n) is 3.80. The maximum Gasteiger partial charge on any atom is 0.490 e. The number of carbonyl (C=O) groups is 2. The van der Waals surface area contributed by atoms with Crippen molar-refractivity contribution in [1.82, 2.24) is 14.9 Å². The molecule has 29 heavy (non-hydrogen) atoms. The molecular weight excluding hydrogens is 400 g/mol. The molecule has 0 bridgehead atoms. The molecule has 160 valence electrons. The Morgan fingerprint density at radius 2 is 1.93 bits per heavy atom. The molecule has 4 heterocycles. The first-order chi connectivity index (χ1) is 13.6. The topological polar surface area (TPSA) is 95.9 Å². The van der Waals surface area contributed by atoms with Crippen molar-refractivity contribution in [2.45, 2.75) is 25.1 Å². The number of fused-ring (bicyclic) bond motifs is 1. The van der Waals surface area contributed by atoms with E-state index in [1.807, 2.05) is 9.80 Å². The normalized spacial score (nSPS) is 26.3. The number of alkyl halides is 3. The summed E-state index contributed by atoms with van der Waals surface area (Å²) in [6.07, 6.45) is -0.890. The third kappa shape index (κ3) is 5.11. The Morgan fingerprint density at radius 3 is 2.48 bits per heavy atom. The lowest BCUT2D eigenvalue weighted by molar-refractivity contribution is -0.192. The molecule has 8 nitrogen and oxygen atoms in total. The van der Waals surface area contributed by atoms with Crippen LogP contribution < -0.4 is 4.90 Å². The minimum absolute atomic E-state index is 0.163. The molecule has 0 radical (unpaired) electrons. The molecule has 0 aliphatic carbocycles. The van der Waals surface area contributed by atoms with E-state index in [4.69, 9.17) is 14.6 Å². The quantitative estimate of drug-likeness (QED) is 0.737. The van der Waals surface area contributed by atoms with Crippen LogP contribution in [-0.4, -0.2) is 76.9 Å². The van der Waals surface area contributed by atoms with Crippen molar-refractivity contribution < 1.29 is 37.0 Å². The van der Waals surface area contributed by atoms with Gasteiger partial charge in [-0.3, -0.25) is 4.79 Å². The van der Waals surface area contributed by atoms with Crippen LogP contribution in [0.5, 0.6) is 0 Å². The zero-order valence-corrected chi connectivity index (χ0v) is 15.3. The van der Waals surface area contributed by atoms with Crippen LogP contribution in [0.2, 0.25) is 0 Å². The van der Waals surface area contributed by atoms with Crippen LogP contribution in [-0.2, 0) is 14.3 Å². The SMILES string of the molecule is O=C(O)C(F)(F)F.O=C1CCCN1C[C@@H]1CO[C@@H]2CN(c3ncc(F)cn3)C[C@H]12. The number of halogens is 4. The van der Waals surface area contributed by atoms with Crippen molar-refractivity contribution in [2.24, 2.45) is 11.8 Å². The van der Waals surface area contributed by atoms with E-state index < -0.39 is 18.0 Å². The third-order valence-electron chi connectivity index (χ3n) is 5.20. The Kier molecular flexibility index (Phi) is 6.20. The molecule has 3 saturated heterocycles. The van der Waals surface area contributed by atoms with E-state index >= 15 is 0 Å². The predicted molar refractivity (Wildman–Crippen MR) is 90.4 cm³/mol. The second-order valence-electron chi connectivity index (χ2n) is 7.15. The van der Waals surface area contributed by atoms with E-state index in [1.54, 1.807) is 0 Å². The molecule has 1 aromatic rings. The average Bonchev–Trinajstić information content (AvgIpc) is 3.33. The fourth-order valence-corrected chi connectivity index (χ4v) is 3.80. The maximum absolute atomic E-state index is 12.9. The summed E-state index contributed by atoms with van der Waals surface area (Å²) in [5.74, 6) is -1.60. The number of carboxylic acids is 1. The molecule has 12 heteroatoms. The molecule has 3 aliphatic heterocycles. The molecule has 0 saturated carbocycles. The minimum Gasteiger partial charge on any atom is -0.475 e. The number of carboxylic acid groups (broad SMARTS) is 1. The molecule has 4 rings (SSSR count). The van der Waals surface area contributed by atoms with Crippen molar-refractivity contribution in [3.05, 3.63) is 18.2 Å². The third-order valence-corrected chi connectivity index (χ3v) is 5.20. The summed E-state index contributed by atoms with van der Waals surface area (Å²) >= 11 is 0. The van der Waals surface area contributed by atoms with Gasteiger partial charge >= 0.3 is 12.1 Å². The van der Waals surface area contributed by atoms with Gasteiger partial charge in [-0.25, -0.2) is 19.2 Å². The van der Waals surface area contributed by atoms with Gasteiger partial charge < -0.3 is 19.6 Å². The molecule has 0 aromatic carbocycles. The number of hydrogen-bond acceptors (Lipinski definition) is 6. The number of rotatable bonds is 3. The van der Waals surface area contributed by atoms with E-state index in [1.165, 1.54) is 12.4 Å². The summed E-state index contributed by atoms with van der Waals surface area (Å²) in [6.45, 7) is 3.93. The Hall–Kier alpha value is -2.50. The second-order valence-corrected chi connectivity index (χ2v) is 7.15. The van der Waals surface area contributed by atoms with Crippen LogP contribution in [0.1, 0.15) is 12.8 Å². The summed E-state index contributed by atoms with van der Waals surface area (Å²) in [6, 6.07) is 0. The maximum atomic E-state index is 12.9. The average molecular weight is 420 g/mol. The lowest BCUT2D eigenvalue weighted by Gasteiger charge is -2.24. The number of anilines is 1. The molecule has 3 atom stereocenters. The van der Waals surface area contributed by atoms with Crippen LogP contribution >= 0.6 is 0 Å². The van der Waals surface area contributed by atoms with Crippen LogP contribution in [0.4, 0.5) is 23.5 Å². The first-order valence-corrected chi connectivity index (χ1v) is 9.07. The van der Waals surface area contributed by atoms with Crippen molar-refractivity contribution in [3.8, 4) is 0 Å². The highest BCUT2D eigenvalue weighted by atomic mass is 19.4. The number of nitrogens with zero attached hydrogens (tertiary/aromatic N) is 4. The lowest BCUT2D eigenvalue weighted by atomic mass is 9.93. The van der Waals surface area contributed by atoms with Gasteiger partial charge in [0.05, 0.1) is 25.1 Å². The molecule has 1 amide bonds. The van der Waals surface area contributed by atoms with Gasteiger partial charge in [0.1, 0.15) is 0 Å². The van der Waals surface area contributed by atoms with E-state index in [0.29, 0.717) is 24.2 Å². The molecule has 3 fully saturated rings. The van der Waals surface area contributed by atoms with Gasteiger partial charge in [0.25, 0.3) is 0 Å². The van der Waals surface area contributed by atoms with E-state index in [9.17, 15) is 22.4 Å². The van der Waals surface area contributed by atoms with Crippen LogP contribution in [0, 0.1) is 17.7 Å². The molecule has 1 aromatic heterocycles. The second kappa shape index (κ2) is 8.47. The Balaban J connectivity index is 0.000000298. The van der Waals surface area contributed by atoms with Gasteiger partial charge in [-0.2, -0.15) is 13.2 Å². The Labute approximate surface area is 163 Å². The number of aliphatic carboxylic acids is 1. The standard InChI is InChI=1S/C15H19FN4O2.C2HF3O2/c16-11-4-17-15(18-5-11)20-7-12-10(9-22-13(12)8-20)6-19-3-1-2-14(19)21;3-2(4,5)1(6)7/h4-5,10,12-13H,1-3,6-9H2;(H,6,7)/t10-,12-,13-;/m1./s1.